The molecule has 0 aliphatic rings. The number of halogens is 2. The van der Waals surface area contributed by atoms with Gasteiger partial charge < -0.3 is 0 Å². The average Bonchev–Trinajstić information content (AvgIpc) is 2.59. The van der Waals surface area contributed by atoms with E-state index in [1.54, 1.807) is 0 Å². The van der Waals surface area contributed by atoms with Gasteiger partial charge >= 0.3 is 79.1 Å². The first-order chi connectivity index (χ1) is 14.2. The minimum absolute atomic E-state index is 0.262. The molecule has 0 aliphatic heterocycles. The SMILES string of the molecule is CC(C)P(C(C)C)C(C)C.CC(C)P(C(C)C)C(C)C.[Cl][Ru]([Cl])=[C]=Cc1ccccc1. The Morgan fingerprint density at radius 2 is 0.903 bits per heavy atom. The maximum atomic E-state index is 5.59. The van der Waals surface area contributed by atoms with Crippen molar-refractivity contribution in [3.05, 3.63) is 35.9 Å². The molecule has 0 atom stereocenters. The van der Waals surface area contributed by atoms with E-state index in [2.05, 4.69) is 87.3 Å². The molecule has 0 heterocycles. The van der Waals surface area contributed by atoms with Crippen molar-refractivity contribution in [2.45, 2.75) is 117 Å². The van der Waals surface area contributed by atoms with Crippen molar-refractivity contribution in [1.29, 1.82) is 0 Å². The first-order valence-corrected chi connectivity index (χ1v) is 19.9. The van der Waals surface area contributed by atoms with Crippen molar-refractivity contribution in [3.8, 4) is 0 Å². The average molecular weight is 595 g/mol. The topological polar surface area (TPSA) is 0 Å². The van der Waals surface area contributed by atoms with E-state index in [1.165, 1.54) is 0 Å². The molecule has 1 aromatic carbocycles. The summed E-state index contributed by atoms with van der Waals surface area (Å²) >= 11 is -1.74. The molecule has 0 fully saturated rings. The summed E-state index contributed by atoms with van der Waals surface area (Å²) in [6.45, 7) is 28.2. The van der Waals surface area contributed by atoms with Gasteiger partial charge in [0.1, 0.15) is 0 Å². The zero-order valence-electron chi connectivity index (χ0n) is 21.9. The van der Waals surface area contributed by atoms with Crippen LogP contribution in [0.1, 0.15) is 88.6 Å². The molecule has 1 rings (SSSR count). The van der Waals surface area contributed by atoms with Crippen LogP contribution in [0.25, 0.3) is 6.08 Å². The molecule has 0 aromatic heterocycles. The fraction of sp³-hybridized carbons (Fsp3) is 0.692. The van der Waals surface area contributed by atoms with Gasteiger partial charge in [-0.15, -0.1) is 0 Å². The molecule has 0 unspecified atom stereocenters. The molecule has 1 aromatic rings. The Kier molecular flexibility index (Phi) is 21.2. The molecular formula is C26H48Cl2P2Ru. The second-order valence-corrected chi connectivity index (χ2v) is 22.7. The van der Waals surface area contributed by atoms with Gasteiger partial charge in [0.2, 0.25) is 0 Å². The van der Waals surface area contributed by atoms with Crippen LogP contribution in [0.2, 0.25) is 0 Å². The van der Waals surface area contributed by atoms with Gasteiger partial charge in [0.05, 0.1) is 0 Å². The molecule has 0 spiro atoms. The van der Waals surface area contributed by atoms with Gasteiger partial charge in [-0.25, -0.2) is 0 Å². The zero-order chi connectivity index (χ0) is 24.7. The van der Waals surface area contributed by atoms with Crippen LogP contribution in [0.3, 0.4) is 0 Å². The second-order valence-electron chi connectivity index (χ2n) is 9.30. The van der Waals surface area contributed by atoms with E-state index in [1.807, 2.05) is 36.4 Å². The third-order valence-corrected chi connectivity index (χ3v) is 13.4. The van der Waals surface area contributed by atoms with E-state index in [4.69, 9.17) is 19.4 Å². The quantitative estimate of drug-likeness (QED) is 0.218. The van der Waals surface area contributed by atoms with Gasteiger partial charge in [-0.2, -0.15) is 0 Å². The zero-order valence-corrected chi connectivity index (χ0v) is 27.0. The Morgan fingerprint density at radius 1 is 0.613 bits per heavy atom. The summed E-state index contributed by atoms with van der Waals surface area (Å²) in [5.74, 6) is 0. The van der Waals surface area contributed by atoms with Crippen LogP contribution < -0.4 is 0 Å². The van der Waals surface area contributed by atoms with Crippen LogP contribution in [0.5, 0.6) is 0 Å². The standard InChI is InChI=1S/2C9H21P.C8H6.2ClH.Ru/c2*1-7(2)10(8(3)4)9(5)6;1-2-8-6-4-3-5-7-8;;;/h2*7-9H,1-6H3;2-7H;2*1H;/q;;;;;+2/p-2. The molecule has 0 amide bonds. The number of hydrogen-bond acceptors (Lipinski definition) is 0. The predicted octanol–water partition coefficient (Wildman–Crippen LogP) is 10.4. The molecule has 0 N–H and O–H groups in total. The van der Waals surface area contributed by atoms with E-state index < -0.39 is 13.5 Å². The minimum atomic E-state index is -1.74. The summed E-state index contributed by atoms with van der Waals surface area (Å²) in [5, 5.41) is 0. The van der Waals surface area contributed by atoms with Crippen LogP contribution >= 0.6 is 35.2 Å². The third-order valence-electron chi connectivity index (χ3n) is 4.67. The van der Waals surface area contributed by atoms with E-state index >= 15 is 0 Å². The summed E-state index contributed by atoms with van der Waals surface area (Å²) in [4.78, 5) is 0. The Balaban J connectivity index is 0. The number of rotatable bonds is 7. The van der Waals surface area contributed by atoms with Crippen molar-refractivity contribution in [2.24, 2.45) is 0 Å². The van der Waals surface area contributed by atoms with Gasteiger partial charge in [0, 0.05) is 0 Å². The molecular weight excluding hydrogens is 546 g/mol. The predicted molar refractivity (Wildman–Crippen MR) is 152 cm³/mol. The van der Waals surface area contributed by atoms with Crippen LogP contribution in [0, 0.1) is 0 Å². The Morgan fingerprint density at radius 3 is 1.10 bits per heavy atom. The fourth-order valence-corrected chi connectivity index (χ4v) is 12.3. The monoisotopic (exact) mass is 594 g/mol. The first-order valence-electron chi connectivity index (χ1n) is 11.4. The summed E-state index contributed by atoms with van der Waals surface area (Å²) in [6, 6.07) is 9.87. The molecule has 31 heavy (non-hydrogen) atoms. The molecule has 0 saturated heterocycles. The molecule has 0 aliphatic carbocycles. The van der Waals surface area contributed by atoms with Crippen molar-refractivity contribution in [2.75, 3.05) is 0 Å². The van der Waals surface area contributed by atoms with Crippen LogP contribution in [-0.4, -0.2) is 38.2 Å². The Hall–Kier alpha value is 0.933. The Bertz CT molecular complexity index is 554. The fourth-order valence-electron chi connectivity index (χ4n) is 4.22. The third kappa shape index (κ3) is 18.0. The van der Waals surface area contributed by atoms with E-state index in [9.17, 15) is 0 Å². The normalized spacial score (nSPS) is 11.7. The van der Waals surface area contributed by atoms with Crippen LogP contribution in [0.15, 0.2) is 30.3 Å². The van der Waals surface area contributed by atoms with Crippen molar-refractivity contribution in [1.82, 2.24) is 0 Å². The van der Waals surface area contributed by atoms with Crippen molar-refractivity contribution < 1.29 is 13.5 Å². The van der Waals surface area contributed by atoms with Gasteiger partial charge in [0.25, 0.3) is 0 Å². The second kappa shape index (κ2) is 19.3. The van der Waals surface area contributed by atoms with Crippen LogP contribution in [-0.2, 0) is 13.5 Å². The molecule has 0 nitrogen and oxygen atoms in total. The number of hydrogen-bond donors (Lipinski definition) is 0. The first kappa shape index (κ1) is 34.1. The Labute approximate surface area is 211 Å². The molecule has 0 saturated carbocycles. The van der Waals surface area contributed by atoms with E-state index in [0.717, 1.165) is 39.5 Å². The van der Waals surface area contributed by atoms with Gasteiger partial charge in [-0.3, -0.25) is 0 Å². The molecule has 184 valence electrons. The van der Waals surface area contributed by atoms with Gasteiger partial charge in [0.15, 0.2) is 0 Å². The summed E-state index contributed by atoms with van der Waals surface area (Å²) in [6.07, 6.45) is 1.83. The maximum absolute atomic E-state index is 5.59. The van der Waals surface area contributed by atoms with Gasteiger partial charge in [-0.1, -0.05) is 98.9 Å². The van der Waals surface area contributed by atoms with Crippen molar-refractivity contribution >= 4 is 45.6 Å². The number of benzene rings is 1. The summed E-state index contributed by atoms with van der Waals surface area (Å²) < 4.78 is 2.91. The summed E-state index contributed by atoms with van der Waals surface area (Å²) in [7, 11) is 11.7. The summed E-state index contributed by atoms with van der Waals surface area (Å²) in [5.41, 5.74) is 6.48. The van der Waals surface area contributed by atoms with E-state index in [0.29, 0.717) is 0 Å². The van der Waals surface area contributed by atoms with Gasteiger partial charge in [-0.05, 0) is 34.0 Å². The molecule has 0 bridgehead atoms. The van der Waals surface area contributed by atoms with Crippen molar-refractivity contribution in [3.63, 3.8) is 0 Å². The van der Waals surface area contributed by atoms with E-state index in [-0.39, 0.29) is 15.8 Å². The van der Waals surface area contributed by atoms with Crippen LogP contribution in [0.4, 0.5) is 0 Å². The molecule has 0 radical (unpaired) electrons. The molecule has 5 heteroatoms.